The Kier molecular flexibility index (Phi) is 7.44. The second-order valence-electron chi connectivity index (χ2n) is 12.1. The molecule has 1 fully saturated rings. The molecule has 1 aliphatic carbocycles. The van der Waals surface area contributed by atoms with Gasteiger partial charge in [0.25, 0.3) is 0 Å². The summed E-state index contributed by atoms with van der Waals surface area (Å²) in [4.78, 5) is 4.87. The van der Waals surface area contributed by atoms with E-state index in [1.54, 1.807) is 0 Å². The van der Waals surface area contributed by atoms with Gasteiger partial charge in [-0.15, -0.1) is 6.10 Å². The highest BCUT2D eigenvalue weighted by Crippen LogP contribution is 2.54. The van der Waals surface area contributed by atoms with E-state index in [1.807, 2.05) is 0 Å². The molecule has 6 aromatic rings. The zero-order chi connectivity index (χ0) is 30.5. The fourth-order valence-corrected chi connectivity index (χ4v) is 8.21. The van der Waals surface area contributed by atoms with E-state index in [0.717, 1.165) is 58.9 Å². The third-order valence-corrected chi connectivity index (χ3v) is 10.3. The normalized spacial score (nSPS) is 20.0. The molecule has 0 radical (unpaired) electrons. The van der Waals surface area contributed by atoms with E-state index in [2.05, 4.69) is 135 Å². The third-order valence-electron chi connectivity index (χ3n) is 10.3. The van der Waals surface area contributed by atoms with Crippen molar-refractivity contribution in [3.05, 3.63) is 108 Å². The molecule has 0 heterocycles. The summed E-state index contributed by atoms with van der Waals surface area (Å²) in [5.74, 6) is -0.582. The molecule has 1 aliphatic rings. The Morgan fingerprint density at radius 2 is 0.727 bits per heavy atom. The minimum atomic E-state index is -0.859. The standard InChI is InChI=1S/C40H42N3O/c1-5-42(6-2)38-29-21-13-9-17-25(29)33(26-18-10-14-22-30(26)38)35-37(41)36(40(35)44)34-27-19-11-15-23-31(27)39(43(7-3)8-4)32-24-16-12-20-28(32)34/h9-24,35-37,40H,5-8,41H2,1-4H3/q-1. The predicted molar refractivity (Wildman–Crippen MR) is 187 cm³/mol. The lowest BCUT2D eigenvalue weighted by atomic mass is 9.59. The Labute approximate surface area is 260 Å². The van der Waals surface area contributed by atoms with Gasteiger partial charge in [-0.1, -0.05) is 97.1 Å². The van der Waals surface area contributed by atoms with Crippen molar-refractivity contribution in [2.75, 3.05) is 36.0 Å². The summed E-state index contributed by atoms with van der Waals surface area (Å²) >= 11 is 0. The van der Waals surface area contributed by atoms with E-state index >= 15 is 0 Å². The topological polar surface area (TPSA) is 55.6 Å². The van der Waals surface area contributed by atoms with E-state index in [-0.39, 0.29) is 17.9 Å². The number of benzene rings is 6. The van der Waals surface area contributed by atoms with E-state index in [4.69, 9.17) is 5.73 Å². The molecule has 0 spiro atoms. The van der Waals surface area contributed by atoms with Crippen LogP contribution in [-0.4, -0.2) is 38.3 Å². The van der Waals surface area contributed by atoms with Crippen LogP contribution < -0.4 is 20.6 Å². The van der Waals surface area contributed by atoms with Gasteiger partial charge >= 0.3 is 0 Å². The molecular formula is C40H42N3O-. The number of hydrogen-bond donors (Lipinski definition) is 1. The predicted octanol–water partition coefficient (Wildman–Crippen LogP) is 7.93. The number of nitrogens with two attached hydrogens (primary N) is 1. The molecule has 0 aromatic heterocycles. The van der Waals surface area contributed by atoms with Crippen molar-refractivity contribution in [1.29, 1.82) is 0 Å². The first kappa shape index (κ1) is 28.6. The van der Waals surface area contributed by atoms with Gasteiger partial charge in [0.2, 0.25) is 0 Å². The number of hydrogen-bond acceptors (Lipinski definition) is 4. The Morgan fingerprint density at radius 3 is 0.955 bits per heavy atom. The van der Waals surface area contributed by atoms with Crippen LogP contribution in [0.1, 0.15) is 50.7 Å². The molecule has 4 heteroatoms. The second-order valence-corrected chi connectivity index (χ2v) is 12.1. The van der Waals surface area contributed by atoms with Crippen LogP contribution in [0.5, 0.6) is 0 Å². The fraction of sp³-hybridized carbons (Fsp3) is 0.300. The highest BCUT2D eigenvalue weighted by Gasteiger charge is 2.46. The van der Waals surface area contributed by atoms with Gasteiger partial charge in [-0.25, -0.2) is 0 Å². The van der Waals surface area contributed by atoms with E-state index in [1.165, 1.54) is 32.9 Å². The van der Waals surface area contributed by atoms with Crippen LogP contribution in [0.25, 0.3) is 43.1 Å². The SMILES string of the molecule is CCN(CC)c1c2ccccc2c(C2C(N)C(c3c4ccccc4c(N(CC)CC)c4ccccc34)C2[O-])c2ccccc12. The second kappa shape index (κ2) is 11.4. The van der Waals surface area contributed by atoms with Crippen LogP contribution >= 0.6 is 0 Å². The van der Waals surface area contributed by atoms with Gasteiger partial charge in [0, 0.05) is 53.8 Å². The van der Waals surface area contributed by atoms with Crippen molar-refractivity contribution in [2.45, 2.75) is 51.7 Å². The largest absolute Gasteiger partial charge is 0.851 e. The average Bonchev–Trinajstić information content (AvgIpc) is 3.07. The minimum absolute atomic E-state index is 0.291. The van der Waals surface area contributed by atoms with Crippen LogP contribution in [0, 0.1) is 0 Å². The summed E-state index contributed by atoms with van der Waals surface area (Å²) < 4.78 is 0. The first-order valence-corrected chi connectivity index (χ1v) is 16.3. The molecule has 0 saturated heterocycles. The Balaban J connectivity index is 1.45. The monoisotopic (exact) mass is 580 g/mol. The van der Waals surface area contributed by atoms with Crippen LogP contribution in [0.15, 0.2) is 97.1 Å². The Morgan fingerprint density at radius 1 is 0.477 bits per heavy atom. The Bertz CT molecular complexity index is 1720. The number of fused-ring (bicyclic) bond motifs is 4. The van der Waals surface area contributed by atoms with E-state index in [9.17, 15) is 5.11 Å². The number of nitrogens with zero attached hydrogens (tertiary/aromatic N) is 2. The lowest BCUT2D eigenvalue weighted by molar-refractivity contribution is -0.452. The van der Waals surface area contributed by atoms with Gasteiger partial charge in [0.15, 0.2) is 0 Å². The average molecular weight is 581 g/mol. The van der Waals surface area contributed by atoms with Crippen molar-refractivity contribution in [2.24, 2.45) is 5.73 Å². The summed E-state index contributed by atoms with van der Waals surface area (Å²) in [5.41, 5.74) is 12.0. The van der Waals surface area contributed by atoms with Gasteiger partial charge in [0.05, 0.1) is 11.4 Å². The van der Waals surface area contributed by atoms with Gasteiger partial charge in [0.1, 0.15) is 0 Å². The zero-order valence-electron chi connectivity index (χ0n) is 26.3. The maximum absolute atomic E-state index is 14.8. The maximum Gasteiger partial charge on any atom is 0.0525 e. The summed E-state index contributed by atoms with van der Waals surface area (Å²) in [5, 5.41) is 24.2. The van der Waals surface area contributed by atoms with Crippen molar-refractivity contribution < 1.29 is 5.11 Å². The maximum atomic E-state index is 14.8. The van der Waals surface area contributed by atoms with Crippen LogP contribution in [-0.2, 0) is 0 Å². The molecule has 0 aliphatic heterocycles. The first-order valence-electron chi connectivity index (χ1n) is 16.3. The van der Waals surface area contributed by atoms with Gasteiger partial charge < -0.3 is 20.6 Å². The smallest absolute Gasteiger partial charge is 0.0525 e. The molecule has 2 N–H and O–H groups in total. The molecule has 1 saturated carbocycles. The van der Waals surface area contributed by atoms with Gasteiger partial charge in [-0.05, 0) is 72.2 Å². The van der Waals surface area contributed by atoms with Gasteiger partial charge in [-0.3, -0.25) is 0 Å². The molecule has 7 rings (SSSR count). The lowest BCUT2D eigenvalue weighted by Crippen LogP contribution is -2.62. The minimum Gasteiger partial charge on any atom is -0.851 e. The van der Waals surface area contributed by atoms with Crippen LogP contribution in [0.3, 0.4) is 0 Å². The molecule has 4 nitrogen and oxygen atoms in total. The lowest BCUT2D eigenvalue weighted by Gasteiger charge is -2.57. The molecule has 2 unspecified atom stereocenters. The fourth-order valence-electron chi connectivity index (χ4n) is 8.21. The molecule has 0 amide bonds. The summed E-state index contributed by atoms with van der Waals surface area (Å²) in [7, 11) is 0. The van der Waals surface area contributed by atoms with Crippen molar-refractivity contribution >= 4 is 54.5 Å². The highest BCUT2D eigenvalue weighted by atomic mass is 16.3. The first-order chi connectivity index (χ1) is 21.5. The molecule has 2 atom stereocenters. The Hall–Kier alpha value is -4.12. The van der Waals surface area contributed by atoms with Crippen molar-refractivity contribution in [3.63, 3.8) is 0 Å². The molecular weight excluding hydrogens is 538 g/mol. The quantitative estimate of drug-likeness (QED) is 0.186. The molecule has 224 valence electrons. The molecule has 0 bridgehead atoms. The van der Waals surface area contributed by atoms with Crippen molar-refractivity contribution in [1.82, 2.24) is 0 Å². The summed E-state index contributed by atoms with van der Waals surface area (Å²) in [6.07, 6.45) is -0.859. The number of anilines is 2. The highest BCUT2D eigenvalue weighted by molar-refractivity contribution is 6.16. The summed E-state index contributed by atoms with van der Waals surface area (Å²) in [6, 6.07) is 34.2. The van der Waals surface area contributed by atoms with Gasteiger partial charge in [-0.2, -0.15) is 0 Å². The van der Waals surface area contributed by atoms with Crippen LogP contribution in [0.2, 0.25) is 0 Å². The molecule has 44 heavy (non-hydrogen) atoms. The number of rotatable bonds is 8. The zero-order valence-corrected chi connectivity index (χ0v) is 26.3. The van der Waals surface area contributed by atoms with Crippen molar-refractivity contribution in [3.8, 4) is 0 Å². The third kappa shape index (κ3) is 4.12. The molecule has 6 aromatic carbocycles. The van der Waals surface area contributed by atoms with E-state index in [0.29, 0.717) is 0 Å². The van der Waals surface area contributed by atoms with Crippen LogP contribution in [0.4, 0.5) is 11.4 Å². The van der Waals surface area contributed by atoms with E-state index < -0.39 is 6.10 Å². The summed E-state index contributed by atoms with van der Waals surface area (Å²) in [6.45, 7) is 12.5.